The van der Waals surface area contributed by atoms with Crippen molar-refractivity contribution in [1.29, 1.82) is 0 Å². The molecule has 1 saturated heterocycles. The van der Waals surface area contributed by atoms with E-state index in [0.717, 1.165) is 42.6 Å². The number of aliphatic hydroxyl groups is 1. The first-order valence-corrected chi connectivity index (χ1v) is 10.2. The van der Waals surface area contributed by atoms with Crippen LogP contribution in [0.25, 0.3) is 5.76 Å². The third-order valence-electron chi connectivity index (χ3n) is 5.59. The number of carbonyl (C=O) groups is 2. The fourth-order valence-electron chi connectivity index (χ4n) is 4.08. The number of carbonyl (C=O) groups excluding carboxylic acids is 2. The van der Waals surface area contributed by atoms with E-state index in [0.29, 0.717) is 18.7 Å². The van der Waals surface area contributed by atoms with Crippen LogP contribution in [-0.2, 0) is 16.0 Å². The second kappa shape index (κ2) is 8.11. The highest BCUT2D eigenvalue weighted by Crippen LogP contribution is 2.40. The zero-order chi connectivity index (χ0) is 20.4. The van der Waals surface area contributed by atoms with Crippen molar-refractivity contribution in [2.45, 2.75) is 38.6 Å². The van der Waals surface area contributed by atoms with Gasteiger partial charge in [-0.05, 0) is 48.6 Å². The Hall–Kier alpha value is -3.08. The van der Waals surface area contributed by atoms with Crippen LogP contribution in [0.1, 0.15) is 48.9 Å². The minimum absolute atomic E-state index is 0.121. The van der Waals surface area contributed by atoms with Gasteiger partial charge in [0.1, 0.15) is 11.5 Å². The number of fused-ring (bicyclic) bond motifs is 1. The Balaban J connectivity index is 1.82. The first-order valence-electron chi connectivity index (χ1n) is 10.2. The molecule has 5 heteroatoms. The van der Waals surface area contributed by atoms with Crippen LogP contribution in [0, 0.1) is 0 Å². The maximum Gasteiger partial charge on any atom is 0.295 e. The lowest BCUT2D eigenvalue weighted by Gasteiger charge is -2.25. The molecule has 0 aromatic heterocycles. The van der Waals surface area contributed by atoms with Crippen molar-refractivity contribution in [3.63, 3.8) is 0 Å². The zero-order valence-electron chi connectivity index (χ0n) is 16.6. The number of ketones is 1. The molecule has 0 spiro atoms. The van der Waals surface area contributed by atoms with E-state index in [1.54, 1.807) is 11.0 Å². The van der Waals surface area contributed by atoms with Gasteiger partial charge in [-0.25, -0.2) is 0 Å². The number of aryl methyl sites for hydroxylation is 1. The third-order valence-corrected chi connectivity index (χ3v) is 5.59. The lowest BCUT2D eigenvalue weighted by atomic mass is 9.94. The van der Waals surface area contributed by atoms with Gasteiger partial charge in [-0.2, -0.15) is 0 Å². The van der Waals surface area contributed by atoms with Crippen LogP contribution in [0.2, 0.25) is 0 Å². The summed E-state index contributed by atoms with van der Waals surface area (Å²) in [6, 6.07) is 14.3. The molecule has 4 rings (SSSR count). The van der Waals surface area contributed by atoms with Gasteiger partial charge in [0.05, 0.1) is 18.2 Å². The summed E-state index contributed by atoms with van der Waals surface area (Å²) in [6.45, 7) is 3.22. The average molecular weight is 391 g/mol. The largest absolute Gasteiger partial charge is 0.507 e. The number of rotatable bonds is 5. The average Bonchev–Trinajstić information content (AvgIpc) is 3.02. The van der Waals surface area contributed by atoms with E-state index < -0.39 is 17.7 Å². The predicted molar refractivity (Wildman–Crippen MR) is 111 cm³/mol. The van der Waals surface area contributed by atoms with Gasteiger partial charge in [0.2, 0.25) is 0 Å². The highest BCUT2D eigenvalue weighted by molar-refractivity contribution is 6.46. The molecule has 2 aromatic rings. The molecule has 2 aliphatic heterocycles. The van der Waals surface area contributed by atoms with Crippen LogP contribution in [0.3, 0.4) is 0 Å². The molecule has 0 radical (unpaired) electrons. The normalized spacial score (nSPS) is 20.4. The predicted octanol–water partition coefficient (Wildman–Crippen LogP) is 4.23. The molecule has 5 nitrogen and oxygen atoms in total. The van der Waals surface area contributed by atoms with E-state index in [-0.39, 0.29) is 11.3 Å². The molecule has 0 aliphatic carbocycles. The van der Waals surface area contributed by atoms with Crippen molar-refractivity contribution >= 4 is 17.4 Å². The van der Waals surface area contributed by atoms with Gasteiger partial charge >= 0.3 is 0 Å². The van der Waals surface area contributed by atoms with Gasteiger partial charge in [-0.15, -0.1) is 0 Å². The van der Waals surface area contributed by atoms with Crippen molar-refractivity contribution in [2.75, 3.05) is 13.2 Å². The van der Waals surface area contributed by atoms with Crippen LogP contribution in [-0.4, -0.2) is 34.8 Å². The number of nitrogens with zero attached hydrogens (tertiary/aromatic N) is 1. The number of benzene rings is 2. The standard InChI is InChI=1S/C24H25NO4/c1-2-3-13-25-21(16-8-5-4-6-9-16)20(23(27)24(25)28)22(26)18-11-12-19-17(15-18)10-7-14-29-19/h4-6,8-9,11-12,15,21,26H,2-3,7,10,13-14H2,1H3/b22-20-. The van der Waals surface area contributed by atoms with Crippen LogP contribution < -0.4 is 4.74 Å². The van der Waals surface area contributed by atoms with E-state index in [1.165, 1.54) is 0 Å². The number of amides is 1. The van der Waals surface area contributed by atoms with Crippen LogP contribution in [0.15, 0.2) is 54.1 Å². The maximum atomic E-state index is 12.9. The van der Waals surface area contributed by atoms with Gasteiger partial charge in [-0.1, -0.05) is 43.7 Å². The molecule has 2 heterocycles. The quantitative estimate of drug-likeness (QED) is 0.470. The van der Waals surface area contributed by atoms with Gasteiger partial charge in [-0.3, -0.25) is 9.59 Å². The number of Topliss-reactive ketones (excluding diaryl/α,β-unsaturated/α-hetero) is 1. The van der Waals surface area contributed by atoms with Crippen molar-refractivity contribution in [2.24, 2.45) is 0 Å². The summed E-state index contributed by atoms with van der Waals surface area (Å²) >= 11 is 0. The first-order chi connectivity index (χ1) is 14.1. The lowest BCUT2D eigenvalue weighted by molar-refractivity contribution is -0.139. The smallest absolute Gasteiger partial charge is 0.295 e. The monoisotopic (exact) mass is 391 g/mol. The SMILES string of the molecule is CCCCN1C(=O)C(=O)/C(=C(\O)c2ccc3c(c2)CCCO3)C1c1ccccc1. The van der Waals surface area contributed by atoms with Gasteiger partial charge in [0.15, 0.2) is 0 Å². The molecular weight excluding hydrogens is 366 g/mol. The Morgan fingerprint density at radius 3 is 2.72 bits per heavy atom. The molecule has 1 unspecified atom stereocenters. The molecule has 29 heavy (non-hydrogen) atoms. The summed E-state index contributed by atoms with van der Waals surface area (Å²) in [7, 11) is 0. The molecule has 2 aliphatic rings. The second-order valence-corrected chi connectivity index (χ2v) is 7.53. The van der Waals surface area contributed by atoms with Gasteiger partial charge < -0.3 is 14.7 Å². The molecule has 1 atom stereocenters. The lowest BCUT2D eigenvalue weighted by Crippen LogP contribution is -2.30. The number of likely N-dealkylation sites (tertiary alicyclic amines) is 1. The van der Waals surface area contributed by atoms with Crippen LogP contribution in [0.4, 0.5) is 0 Å². The highest BCUT2D eigenvalue weighted by Gasteiger charge is 2.45. The highest BCUT2D eigenvalue weighted by atomic mass is 16.5. The Morgan fingerprint density at radius 2 is 1.97 bits per heavy atom. The molecule has 1 amide bonds. The molecule has 0 bridgehead atoms. The van der Waals surface area contributed by atoms with E-state index >= 15 is 0 Å². The number of aliphatic hydroxyl groups excluding tert-OH is 1. The minimum Gasteiger partial charge on any atom is -0.507 e. The second-order valence-electron chi connectivity index (χ2n) is 7.53. The fraction of sp³-hybridized carbons (Fsp3) is 0.333. The summed E-state index contributed by atoms with van der Waals surface area (Å²) in [6.07, 6.45) is 3.49. The van der Waals surface area contributed by atoms with Crippen molar-refractivity contribution in [1.82, 2.24) is 4.90 Å². The summed E-state index contributed by atoms with van der Waals surface area (Å²) in [5, 5.41) is 11.1. The molecular formula is C24H25NO4. The first kappa shape index (κ1) is 19.2. The van der Waals surface area contributed by atoms with Crippen molar-refractivity contribution < 1.29 is 19.4 Å². The van der Waals surface area contributed by atoms with Crippen molar-refractivity contribution in [3.05, 3.63) is 70.8 Å². The Bertz CT molecular complexity index is 964. The van der Waals surface area contributed by atoms with E-state index in [4.69, 9.17) is 4.74 Å². The van der Waals surface area contributed by atoms with Crippen LogP contribution in [0.5, 0.6) is 5.75 Å². The molecule has 1 N–H and O–H groups in total. The number of ether oxygens (including phenoxy) is 1. The Morgan fingerprint density at radius 1 is 1.17 bits per heavy atom. The number of unbranched alkanes of at least 4 members (excludes halogenated alkanes) is 1. The van der Waals surface area contributed by atoms with Gasteiger partial charge in [0, 0.05) is 12.1 Å². The zero-order valence-corrected chi connectivity index (χ0v) is 16.6. The summed E-state index contributed by atoms with van der Waals surface area (Å²) < 4.78 is 5.65. The Kier molecular flexibility index (Phi) is 5.38. The summed E-state index contributed by atoms with van der Waals surface area (Å²) in [4.78, 5) is 27.3. The van der Waals surface area contributed by atoms with E-state index in [9.17, 15) is 14.7 Å². The third kappa shape index (κ3) is 3.53. The van der Waals surface area contributed by atoms with Crippen molar-refractivity contribution in [3.8, 4) is 5.75 Å². The van der Waals surface area contributed by atoms with E-state index in [2.05, 4.69) is 0 Å². The molecule has 2 aromatic carbocycles. The van der Waals surface area contributed by atoms with Crippen LogP contribution >= 0.6 is 0 Å². The summed E-state index contributed by atoms with van der Waals surface area (Å²) in [5.74, 6) is -0.475. The fourth-order valence-corrected chi connectivity index (χ4v) is 4.08. The molecule has 150 valence electrons. The van der Waals surface area contributed by atoms with E-state index in [1.807, 2.05) is 49.4 Å². The number of hydrogen-bond acceptors (Lipinski definition) is 4. The minimum atomic E-state index is -0.624. The molecule has 1 fully saturated rings. The van der Waals surface area contributed by atoms with Gasteiger partial charge in [0.25, 0.3) is 11.7 Å². The Labute approximate surface area is 170 Å². The number of hydrogen-bond donors (Lipinski definition) is 1. The topological polar surface area (TPSA) is 66.8 Å². The summed E-state index contributed by atoms with van der Waals surface area (Å²) in [5.41, 5.74) is 2.54. The molecule has 0 saturated carbocycles. The maximum absolute atomic E-state index is 12.9.